The largest absolute Gasteiger partial charge is 0.491 e. The van der Waals surface area contributed by atoms with Gasteiger partial charge in [-0.2, -0.15) is 0 Å². The Morgan fingerprint density at radius 3 is 2.04 bits per heavy atom. The summed E-state index contributed by atoms with van der Waals surface area (Å²) >= 11 is 0. The van der Waals surface area contributed by atoms with Crippen LogP contribution in [0.4, 0.5) is 0 Å². The van der Waals surface area contributed by atoms with E-state index >= 15 is 0 Å². The number of furan rings is 2. The van der Waals surface area contributed by atoms with E-state index in [2.05, 4.69) is 4.90 Å². The quantitative estimate of drug-likeness (QED) is 0.653. The number of nitrogens with zero attached hydrogens (tertiary/aromatic N) is 1. The lowest BCUT2D eigenvalue weighted by Crippen LogP contribution is -2.34. The van der Waals surface area contributed by atoms with Crippen LogP contribution < -0.4 is 4.74 Å². The lowest BCUT2D eigenvalue weighted by Gasteiger charge is -2.23. The molecule has 1 N–H and O–H groups in total. The summed E-state index contributed by atoms with van der Waals surface area (Å²) in [4.78, 5) is 2.07. The highest BCUT2D eigenvalue weighted by Gasteiger charge is 2.16. The van der Waals surface area contributed by atoms with Gasteiger partial charge >= 0.3 is 0 Å². The molecule has 0 spiro atoms. The van der Waals surface area contributed by atoms with Crippen molar-refractivity contribution in [2.24, 2.45) is 0 Å². The molecule has 1 aromatic carbocycles. The van der Waals surface area contributed by atoms with E-state index in [0.717, 1.165) is 17.3 Å². The van der Waals surface area contributed by atoms with Gasteiger partial charge in [0.15, 0.2) is 0 Å². The molecule has 0 radical (unpaired) electrons. The van der Waals surface area contributed by atoms with E-state index in [4.69, 9.17) is 13.6 Å². The van der Waals surface area contributed by atoms with Crippen LogP contribution in [0.1, 0.15) is 11.5 Å². The van der Waals surface area contributed by atoms with Gasteiger partial charge in [0.2, 0.25) is 0 Å². The van der Waals surface area contributed by atoms with Gasteiger partial charge in [0, 0.05) is 6.54 Å². The second kappa shape index (κ2) is 8.38. The molecule has 5 heteroatoms. The van der Waals surface area contributed by atoms with Crippen LogP contribution in [-0.2, 0) is 13.1 Å². The molecule has 0 fully saturated rings. The topological polar surface area (TPSA) is 59.0 Å². The van der Waals surface area contributed by atoms with Crippen LogP contribution in [-0.4, -0.2) is 29.3 Å². The van der Waals surface area contributed by atoms with Crippen LogP contribution >= 0.6 is 0 Å². The average molecular weight is 327 g/mol. The normalized spacial score (nSPS) is 12.4. The zero-order valence-corrected chi connectivity index (χ0v) is 13.4. The Bertz CT molecular complexity index is 643. The van der Waals surface area contributed by atoms with Gasteiger partial charge in [0.25, 0.3) is 0 Å². The Morgan fingerprint density at radius 1 is 0.875 bits per heavy atom. The van der Waals surface area contributed by atoms with E-state index in [1.165, 1.54) is 0 Å². The van der Waals surface area contributed by atoms with E-state index in [-0.39, 0.29) is 6.61 Å². The molecule has 0 aliphatic carbocycles. The first-order valence-corrected chi connectivity index (χ1v) is 7.92. The fourth-order valence-electron chi connectivity index (χ4n) is 2.49. The summed E-state index contributed by atoms with van der Waals surface area (Å²) in [5.41, 5.74) is 0. The molecular formula is C19H21NO4. The molecule has 0 bridgehead atoms. The zero-order chi connectivity index (χ0) is 16.6. The minimum Gasteiger partial charge on any atom is -0.491 e. The second-order valence-corrected chi connectivity index (χ2v) is 5.61. The van der Waals surface area contributed by atoms with Crippen molar-refractivity contribution in [3.05, 3.63) is 78.6 Å². The number of rotatable bonds is 9. The molecule has 5 nitrogen and oxygen atoms in total. The summed E-state index contributed by atoms with van der Waals surface area (Å²) in [5, 5.41) is 10.3. The van der Waals surface area contributed by atoms with E-state index in [9.17, 15) is 5.11 Å². The molecule has 2 heterocycles. The van der Waals surface area contributed by atoms with Crippen LogP contribution in [0.3, 0.4) is 0 Å². The number of hydrogen-bond donors (Lipinski definition) is 1. The zero-order valence-electron chi connectivity index (χ0n) is 13.4. The lowest BCUT2D eigenvalue weighted by atomic mass is 10.3. The maximum atomic E-state index is 10.3. The van der Waals surface area contributed by atoms with Gasteiger partial charge in [0.05, 0.1) is 25.6 Å². The van der Waals surface area contributed by atoms with E-state index in [0.29, 0.717) is 19.6 Å². The highest BCUT2D eigenvalue weighted by molar-refractivity contribution is 5.20. The van der Waals surface area contributed by atoms with Crippen molar-refractivity contribution in [3.63, 3.8) is 0 Å². The van der Waals surface area contributed by atoms with Crippen molar-refractivity contribution < 1.29 is 18.7 Å². The SMILES string of the molecule is OC(COc1ccccc1)CN(Cc1ccco1)Cc1ccco1. The van der Waals surface area contributed by atoms with Gasteiger partial charge in [-0.25, -0.2) is 0 Å². The molecule has 0 saturated carbocycles. The van der Waals surface area contributed by atoms with Crippen molar-refractivity contribution in [1.82, 2.24) is 4.90 Å². The highest BCUT2D eigenvalue weighted by atomic mass is 16.5. The van der Waals surface area contributed by atoms with Gasteiger partial charge in [0.1, 0.15) is 30.0 Å². The van der Waals surface area contributed by atoms with Gasteiger partial charge in [-0.3, -0.25) is 4.90 Å². The molecule has 1 atom stereocenters. The molecule has 126 valence electrons. The molecule has 3 aromatic rings. The van der Waals surface area contributed by atoms with Crippen molar-refractivity contribution in [2.45, 2.75) is 19.2 Å². The Morgan fingerprint density at radius 2 is 1.50 bits per heavy atom. The average Bonchev–Trinajstić information content (AvgIpc) is 3.28. The van der Waals surface area contributed by atoms with Crippen molar-refractivity contribution in [2.75, 3.05) is 13.2 Å². The number of para-hydroxylation sites is 1. The van der Waals surface area contributed by atoms with Crippen molar-refractivity contribution in [1.29, 1.82) is 0 Å². The Balaban J connectivity index is 1.55. The smallest absolute Gasteiger partial charge is 0.119 e. The molecule has 3 rings (SSSR count). The standard InChI is InChI=1S/C19H21NO4/c21-16(15-24-17-6-2-1-3-7-17)12-20(13-18-8-4-10-22-18)14-19-9-5-11-23-19/h1-11,16,21H,12-15H2. The fraction of sp³-hybridized carbons (Fsp3) is 0.263. The highest BCUT2D eigenvalue weighted by Crippen LogP contribution is 2.13. The molecule has 0 aliphatic heterocycles. The Labute approximate surface area is 141 Å². The number of aliphatic hydroxyl groups excluding tert-OH is 1. The Hall–Kier alpha value is -2.50. The van der Waals surface area contributed by atoms with E-state index < -0.39 is 6.10 Å². The van der Waals surface area contributed by atoms with E-state index in [1.807, 2.05) is 54.6 Å². The monoisotopic (exact) mass is 327 g/mol. The molecule has 0 aliphatic rings. The van der Waals surface area contributed by atoms with Crippen LogP contribution in [0.25, 0.3) is 0 Å². The molecule has 2 aromatic heterocycles. The predicted molar refractivity (Wildman–Crippen MR) is 89.5 cm³/mol. The minimum absolute atomic E-state index is 0.233. The second-order valence-electron chi connectivity index (χ2n) is 5.61. The fourth-order valence-corrected chi connectivity index (χ4v) is 2.49. The number of aliphatic hydroxyl groups is 1. The third kappa shape index (κ3) is 5.01. The molecule has 0 amide bonds. The van der Waals surface area contributed by atoms with Crippen molar-refractivity contribution >= 4 is 0 Å². The maximum absolute atomic E-state index is 10.3. The van der Waals surface area contributed by atoms with Crippen LogP contribution in [0.15, 0.2) is 76.0 Å². The summed E-state index contributed by atoms with van der Waals surface area (Å²) in [7, 11) is 0. The molecule has 0 saturated heterocycles. The van der Waals surface area contributed by atoms with E-state index in [1.54, 1.807) is 12.5 Å². The predicted octanol–water partition coefficient (Wildman–Crippen LogP) is 3.31. The van der Waals surface area contributed by atoms with Gasteiger partial charge in [-0.15, -0.1) is 0 Å². The summed E-state index contributed by atoms with van der Waals surface area (Å²) in [6.45, 7) is 1.87. The maximum Gasteiger partial charge on any atom is 0.119 e. The van der Waals surface area contributed by atoms with Gasteiger partial charge in [-0.05, 0) is 36.4 Å². The third-order valence-electron chi connectivity index (χ3n) is 3.57. The summed E-state index contributed by atoms with van der Waals surface area (Å²) < 4.78 is 16.4. The van der Waals surface area contributed by atoms with Crippen LogP contribution in [0, 0.1) is 0 Å². The van der Waals surface area contributed by atoms with Crippen LogP contribution in [0.5, 0.6) is 5.75 Å². The minimum atomic E-state index is -0.616. The first-order chi connectivity index (χ1) is 11.8. The summed E-state index contributed by atoms with van der Waals surface area (Å²) in [6, 6.07) is 17.0. The summed E-state index contributed by atoms with van der Waals surface area (Å²) in [5.74, 6) is 2.44. The molecular weight excluding hydrogens is 306 g/mol. The number of ether oxygens (including phenoxy) is 1. The molecule has 24 heavy (non-hydrogen) atoms. The first kappa shape index (κ1) is 16.4. The first-order valence-electron chi connectivity index (χ1n) is 7.92. The van der Waals surface area contributed by atoms with Crippen LogP contribution in [0.2, 0.25) is 0 Å². The number of benzene rings is 1. The third-order valence-corrected chi connectivity index (χ3v) is 3.57. The van der Waals surface area contributed by atoms with Gasteiger partial charge in [-0.1, -0.05) is 18.2 Å². The molecule has 1 unspecified atom stereocenters. The lowest BCUT2D eigenvalue weighted by molar-refractivity contribution is 0.0580. The summed E-state index contributed by atoms with van der Waals surface area (Å²) in [6.07, 6.45) is 2.68. The number of hydrogen-bond acceptors (Lipinski definition) is 5. The van der Waals surface area contributed by atoms with Gasteiger partial charge < -0.3 is 18.7 Å². The Kier molecular flexibility index (Phi) is 5.71. The van der Waals surface area contributed by atoms with Crippen molar-refractivity contribution in [3.8, 4) is 5.75 Å².